The molecule has 2 rings (SSSR count). The van der Waals surface area contributed by atoms with Crippen LogP contribution in [-0.4, -0.2) is 29.1 Å². The third-order valence-corrected chi connectivity index (χ3v) is 4.19. The topological polar surface area (TPSA) is 87.9 Å². The highest BCUT2D eigenvalue weighted by Crippen LogP contribution is 2.19. The minimum atomic E-state index is -0.371. The van der Waals surface area contributed by atoms with Gasteiger partial charge in [0.2, 0.25) is 0 Å². The lowest BCUT2D eigenvalue weighted by molar-refractivity contribution is 0.0519. The quantitative estimate of drug-likeness (QED) is 0.819. The molecular weight excluding hydrogens is 312 g/mol. The Hall–Kier alpha value is -2.46. The Morgan fingerprint density at radius 1 is 1.39 bits per heavy atom. The van der Waals surface area contributed by atoms with Crippen molar-refractivity contribution in [3.63, 3.8) is 0 Å². The first-order valence-corrected chi connectivity index (χ1v) is 8.11. The van der Waals surface area contributed by atoms with E-state index in [0.29, 0.717) is 36.5 Å². The van der Waals surface area contributed by atoms with Gasteiger partial charge in [-0.2, -0.15) is 5.26 Å². The van der Waals surface area contributed by atoms with Crippen molar-refractivity contribution in [1.82, 2.24) is 9.97 Å². The smallest absolute Gasteiger partial charge is 0.358 e. The molecule has 2 aromatic rings. The van der Waals surface area contributed by atoms with Crippen molar-refractivity contribution in [3.05, 3.63) is 39.0 Å². The van der Waals surface area contributed by atoms with Crippen LogP contribution in [0.1, 0.15) is 38.6 Å². The number of hydrogen-bond donors (Lipinski definition) is 1. The molecule has 2 heterocycles. The van der Waals surface area contributed by atoms with E-state index in [4.69, 9.17) is 10.00 Å². The van der Waals surface area contributed by atoms with Crippen molar-refractivity contribution in [3.8, 4) is 6.07 Å². The van der Waals surface area contributed by atoms with Crippen LogP contribution in [0.5, 0.6) is 0 Å². The first-order chi connectivity index (χ1) is 11.0. The maximum Gasteiger partial charge on any atom is 0.358 e. The highest BCUT2D eigenvalue weighted by Gasteiger charge is 2.16. The number of ether oxygens (including phenoxy) is 1. The van der Waals surface area contributed by atoms with E-state index >= 15 is 0 Å². The number of aryl methyl sites for hydroxylation is 2. The molecule has 0 unspecified atom stereocenters. The van der Waals surface area contributed by atoms with Crippen molar-refractivity contribution >= 4 is 23.1 Å². The van der Waals surface area contributed by atoms with Gasteiger partial charge in [0.1, 0.15) is 11.9 Å². The number of thiazole rings is 1. The molecule has 0 saturated carbocycles. The van der Waals surface area contributed by atoms with E-state index in [-0.39, 0.29) is 5.97 Å². The van der Waals surface area contributed by atoms with Crippen molar-refractivity contribution in [2.24, 2.45) is 0 Å². The van der Waals surface area contributed by atoms with Crippen LogP contribution in [-0.2, 0) is 11.2 Å². The first-order valence-electron chi connectivity index (χ1n) is 7.30. The molecule has 0 amide bonds. The molecule has 6 nitrogen and oxygen atoms in total. The van der Waals surface area contributed by atoms with Crippen LogP contribution in [0.4, 0.5) is 5.82 Å². The number of rotatable bonds is 6. The van der Waals surface area contributed by atoms with Crippen LogP contribution in [0, 0.1) is 25.2 Å². The molecule has 0 radical (unpaired) electrons. The average Bonchev–Trinajstić information content (AvgIpc) is 2.89. The summed E-state index contributed by atoms with van der Waals surface area (Å²) in [6.45, 7) is 6.44. The number of carbonyl (C=O) groups excluding carboxylic acids is 1. The number of pyridine rings is 1. The second-order valence-electron chi connectivity index (χ2n) is 4.85. The van der Waals surface area contributed by atoms with Crippen LogP contribution in [0.3, 0.4) is 0 Å². The summed E-state index contributed by atoms with van der Waals surface area (Å²) in [6, 6.07) is 5.62. The molecule has 0 aliphatic rings. The lowest BCUT2D eigenvalue weighted by Gasteiger charge is -2.05. The minimum Gasteiger partial charge on any atom is -0.461 e. The van der Waals surface area contributed by atoms with Crippen molar-refractivity contribution in [2.45, 2.75) is 27.2 Å². The predicted molar refractivity (Wildman–Crippen MR) is 88.7 cm³/mol. The van der Waals surface area contributed by atoms with Gasteiger partial charge >= 0.3 is 5.97 Å². The molecule has 0 aromatic carbocycles. The lowest BCUT2D eigenvalue weighted by Crippen LogP contribution is -2.08. The van der Waals surface area contributed by atoms with E-state index in [9.17, 15) is 4.79 Å². The van der Waals surface area contributed by atoms with Gasteiger partial charge in [0.05, 0.1) is 22.9 Å². The number of anilines is 1. The number of nitriles is 1. The van der Waals surface area contributed by atoms with E-state index in [2.05, 4.69) is 21.4 Å². The number of aromatic nitrogens is 2. The highest BCUT2D eigenvalue weighted by atomic mass is 32.1. The molecule has 120 valence electrons. The van der Waals surface area contributed by atoms with Gasteiger partial charge in [-0.05, 0) is 32.9 Å². The van der Waals surface area contributed by atoms with Crippen molar-refractivity contribution < 1.29 is 9.53 Å². The summed E-state index contributed by atoms with van der Waals surface area (Å²) in [4.78, 5) is 21.3. The fourth-order valence-electron chi connectivity index (χ4n) is 2.02. The Morgan fingerprint density at radius 2 is 2.17 bits per heavy atom. The zero-order valence-electron chi connectivity index (χ0n) is 13.3. The molecule has 0 fully saturated rings. The summed E-state index contributed by atoms with van der Waals surface area (Å²) >= 11 is 1.50. The Bertz CT molecular complexity index is 749. The molecule has 0 bridgehead atoms. The zero-order valence-corrected chi connectivity index (χ0v) is 14.2. The third kappa shape index (κ3) is 4.27. The highest BCUT2D eigenvalue weighted by molar-refractivity contribution is 7.11. The Kier molecular flexibility index (Phi) is 5.66. The van der Waals surface area contributed by atoms with Gasteiger partial charge in [-0.25, -0.2) is 14.8 Å². The lowest BCUT2D eigenvalue weighted by atomic mass is 10.2. The van der Waals surface area contributed by atoms with E-state index in [1.807, 2.05) is 6.92 Å². The van der Waals surface area contributed by atoms with Gasteiger partial charge in [0.15, 0.2) is 5.69 Å². The van der Waals surface area contributed by atoms with Crippen LogP contribution in [0.15, 0.2) is 12.1 Å². The van der Waals surface area contributed by atoms with Crippen LogP contribution < -0.4 is 5.32 Å². The summed E-state index contributed by atoms with van der Waals surface area (Å²) in [5, 5.41) is 13.0. The summed E-state index contributed by atoms with van der Waals surface area (Å²) in [6.07, 6.45) is 0.686. The van der Waals surface area contributed by atoms with Crippen LogP contribution in [0.2, 0.25) is 0 Å². The first kappa shape index (κ1) is 16.9. The molecule has 0 aliphatic heterocycles. The molecule has 0 spiro atoms. The normalized spacial score (nSPS) is 10.2. The Balaban J connectivity index is 1.94. The Labute approximate surface area is 139 Å². The molecular formula is C16H18N4O2S. The van der Waals surface area contributed by atoms with Crippen LogP contribution in [0.25, 0.3) is 0 Å². The standard InChI is InChI=1S/C16H18N4O2S/c1-4-22-16(21)15-11(3)23-14(20-15)7-8-18-13-6-5-12(9-17)10(2)19-13/h5-6H,4,7-8H2,1-3H3,(H,18,19). The van der Waals surface area contributed by atoms with Gasteiger partial charge in [0.25, 0.3) is 0 Å². The van der Waals surface area contributed by atoms with Gasteiger partial charge in [-0.1, -0.05) is 0 Å². The number of hydrogen-bond acceptors (Lipinski definition) is 7. The van der Waals surface area contributed by atoms with Gasteiger partial charge < -0.3 is 10.1 Å². The summed E-state index contributed by atoms with van der Waals surface area (Å²) in [7, 11) is 0. The average molecular weight is 330 g/mol. The molecule has 0 atom stereocenters. The van der Waals surface area contributed by atoms with Gasteiger partial charge in [0, 0.05) is 17.8 Å². The van der Waals surface area contributed by atoms with E-state index < -0.39 is 0 Å². The van der Waals surface area contributed by atoms with Gasteiger partial charge in [-0.3, -0.25) is 0 Å². The Morgan fingerprint density at radius 3 is 2.83 bits per heavy atom. The fourth-order valence-corrected chi connectivity index (χ4v) is 2.94. The van der Waals surface area contributed by atoms with Crippen molar-refractivity contribution in [1.29, 1.82) is 5.26 Å². The fraction of sp³-hybridized carbons (Fsp3) is 0.375. The summed E-state index contributed by atoms with van der Waals surface area (Å²) < 4.78 is 4.98. The third-order valence-electron chi connectivity index (χ3n) is 3.16. The molecule has 7 heteroatoms. The maximum absolute atomic E-state index is 11.7. The largest absolute Gasteiger partial charge is 0.461 e. The van der Waals surface area contributed by atoms with Crippen molar-refractivity contribution in [2.75, 3.05) is 18.5 Å². The molecule has 0 saturated heterocycles. The molecule has 23 heavy (non-hydrogen) atoms. The second-order valence-corrected chi connectivity index (χ2v) is 6.14. The zero-order chi connectivity index (χ0) is 16.8. The molecule has 1 N–H and O–H groups in total. The van der Waals surface area contributed by atoms with E-state index in [0.717, 1.165) is 15.7 Å². The number of carbonyl (C=O) groups is 1. The van der Waals surface area contributed by atoms with Gasteiger partial charge in [-0.15, -0.1) is 11.3 Å². The molecule has 2 aromatic heterocycles. The minimum absolute atomic E-state index is 0.344. The molecule has 0 aliphatic carbocycles. The monoisotopic (exact) mass is 330 g/mol. The predicted octanol–water partition coefficient (Wildman–Crippen LogP) is 2.86. The number of esters is 1. The van der Waals surface area contributed by atoms with E-state index in [1.165, 1.54) is 11.3 Å². The SMILES string of the molecule is CCOC(=O)c1nc(CCNc2ccc(C#N)c(C)n2)sc1C. The maximum atomic E-state index is 11.7. The van der Waals surface area contributed by atoms with E-state index in [1.54, 1.807) is 26.0 Å². The van der Waals surface area contributed by atoms with Crippen LogP contribution >= 0.6 is 11.3 Å². The number of nitrogens with one attached hydrogen (secondary N) is 1. The number of nitrogens with zero attached hydrogens (tertiary/aromatic N) is 3. The summed E-state index contributed by atoms with van der Waals surface area (Å²) in [5.41, 5.74) is 1.68. The second kappa shape index (κ2) is 7.70. The summed E-state index contributed by atoms with van der Waals surface area (Å²) in [5.74, 6) is 0.352.